The minimum atomic E-state index is -0.325. The molecule has 5 nitrogen and oxygen atoms in total. The Morgan fingerprint density at radius 1 is 0.906 bits per heavy atom. The van der Waals surface area contributed by atoms with E-state index in [1.54, 1.807) is 18.2 Å². The zero-order chi connectivity index (χ0) is 22.3. The SMILES string of the molecule is O=C(NCc1ccccc1F)[C@H]1CC[C@@H](c2ccccc2)N(C(=O)NC2CCCCC2)C1. The Hall–Kier alpha value is -2.89. The van der Waals surface area contributed by atoms with Gasteiger partial charge in [0.15, 0.2) is 0 Å². The molecule has 2 aliphatic rings. The summed E-state index contributed by atoms with van der Waals surface area (Å²) in [6, 6.07) is 16.6. The fraction of sp³-hybridized carbons (Fsp3) is 0.462. The van der Waals surface area contributed by atoms with Crippen LogP contribution in [0.25, 0.3) is 0 Å². The number of urea groups is 1. The molecule has 0 unspecified atom stereocenters. The van der Waals surface area contributed by atoms with E-state index in [0.717, 1.165) is 37.7 Å². The molecule has 1 saturated carbocycles. The lowest BCUT2D eigenvalue weighted by Gasteiger charge is -2.40. The molecule has 0 bridgehead atoms. The van der Waals surface area contributed by atoms with E-state index in [2.05, 4.69) is 10.6 Å². The minimum absolute atomic E-state index is 0.0459. The number of halogens is 1. The summed E-state index contributed by atoms with van der Waals surface area (Å²) in [5.41, 5.74) is 1.56. The van der Waals surface area contributed by atoms with E-state index in [1.165, 1.54) is 12.5 Å². The molecular formula is C26H32FN3O2. The fourth-order valence-corrected chi connectivity index (χ4v) is 4.90. The van der Waals surface area contributed by atoms with E-state index in [1.807, 2.05) is 35.2 Å². The van der Waals surface area contributed by atoms with Gasteiger partial charge >= 0.3 is 6.03 Å². The van der Waals surface area contributed by atoms with Crippen molar-refractivity contribution in [2.24, 2.45) is 5.92 Å². The van der Waals surface area contributed by atoms with Gasteiger partial charge in [-0.05, 0) is 37.3 Å². The van der Waals surface area contributed by atoms with Crippen molar-refractivity contribution in [2.75, 3.05) is 6.54 Å². The highest BCUT2D eigenvalue weighted by Crippen LogP contribution is 2.34. The fourth-order valence-electron chi connectivity index (χ4n) is 4.90. The van der Waals surface area contributed by atoms with E-state index < -0.39 is 0 Å². The number of carbonyl (C=O) groups excluding carboxylic acids is 2. The number of nitrogens with zero attached hydrogens (tertiary/aromatic N) is 1. The predicted molar refractivity (Wildman–Crippen MR) is 122 cm³/mol. The van der Waals surface area contributed by atoms with Crippen molar-refractivity contribution in [1.82, 2.24) is 15.5 Å². The Balaban J connectivity index is 1.44. The zero-order valence-electron chi connectivity index (χ0n) is 18.4. The molecule has 6 heteroatoms. The van der Waals surface area contributed by atoms with Crippen LogP contribution >= 0.6 is 0 Å². The number of likely N-dealkylation sites (tertiary alicyclic amines) is 1. The monoisotopic (exact) mass is 437 g/mol. The predicted octanol–water partition coefficient (Wildman–Crippen LogP) is 4.94. The molecule has 2 fully saturated rings. The Kier molecular flexibility index (Phi) is 7.40. The number of carbonyl (C=O) groups is 2. The van der Waals surface area contributed by atoms with Crippen LogP contribution in [0, 0.1) is 11.7 Å². The van der Waals surface area contributed by atoms with Gasteiger partial charge in [0, 0.05) is 24.7 Å². The summed E-state index contributed by atoms with van der Waals surface area (Å²) in [6.45, 7) is 0.514. The summed E-state index contributed by atoms with van der Waals surface area (Å²) >= 11 is 0. The molecule has 0 aromatic heterocycles. The number of hydrogen-bond acceptors (Lipinski definition) is 2. The maximum absolute atomic E-state index is 13.9. The second-order valence-corrected chi connectivity index (χ2v) is 8.95. The van der Waals surface area contributed by atoms with Crippen molar-refractivity contribution >= 4 is 11.9 Å². The van der Waals surface area contributed by atoms with Crippen LogP contribution in [0.2, 0.25) is 0 Å². The van der Waals surface area contributed by atoms with E-state index in [9.17, 15) is 14.0 Å². The smallest absolute Gasteiger partial charge is 0.318 e. The highest BCUT2D eigenvalue weighted by molar-refractivity contribution is 5.81. The van der Waals surface area contributed by atoms with Crippen molar-refractivity contribution in [3.8, 4) is 0 Å². The van der Waals surface area contributed by atoms with Gasteiger partial charge in [0.25, 0.3) is 0 Å². The van der Waals surface area contributed by atoms with Crippen molar-refractivity contribution in [3.63, 3.8) is 0 Å². The highest BCUT2D eigenvalue weighted by Gasteiger charge is 2.36. The first-order valence-electron chi connectivity index (χ1n) is 11.7. The third-order valence-corrected chi connectivity index (χ3v) is 6.74. The molecular weight excluding hydrogens is 405 g/mol. The first-order valence-corrected chi connectivity index (χ1v) is 11.7. The van der Waals surface area contributed by atoms with Crippen LogP contribution in [0.3, 0.4) is 0 Å². The lowest BCUT2D eigenvalue weighted by Crippen LogP contribution is -2.52. The zero-order valence-corrected chi connectivity index (χ0v) is 18.4. The van der Waals surface area contributed by atoms with Crippen LogP contribution < -0.4 is 10.6 Å². The number of hydrogen-bond donors (Lipinski definition) is 2. The summed E-state index contributed by atoms with van der Waals surface area (Å²) in [4.78, 5) is 28.0. The highest BCUT2D eigenvalue weighted by atomic mass is 19.1. The first-order chi connectivity index (χ1) is 15.6. The molecule has 2 aromatic carbocycles. The summed E-state index contributed by atoms with van der Waals surface area (Å²) in [5, 5.41) is 6.09. The molecule has 1 aliphatic heterocycles. The van der Waals surface area contributed by atoms with Gasteiger partial charge in [-0.1, -0.05) is 67.8 Å². The Morgan fingerprint density at radius 3 is 2.38 bits per heavy atom. The Bertz CT molecular complexity index is 914. The molecule has 0 spiro atoms. The van der Waals surface area contributed by atoms with Crippen LogP contribution in [0.15, 0.2) is 54.6 Å². The van der Waals surface area contributed by atoms with Gasteiger partial charge in [-0.15, -0.1) is 0 Å². The summed E-state index contributed by atoms with van der Waals surface area (Å²) in [7, 11) is 0. The van der Waals surface area contributed by atoms with Gasteiger partial charge in [-0.2, -0.15) is 0 Å². The molecule has 32 heavy (non-hydrogen) atoms. The average molecular weight is 438 g/mol. The average Bonchev–Trinajstić information content (AvgIpc) is 2.84. The molecule has 1 heterocycles. The lowest BCUT2D eigenvalue weighted by molar-refractivity contribution is -0.127. The Labute approximate surface area is 189 Å². The second kappa shape index (κ2) is 10.6. The topological polar surface area (TPSA) is 61.4 Å². The maximum Gasteiger partial charge on any atom is 0.318 e. The van der Waals surface area contributed by atoms with Crippen molar-refractivity contribution < 1.29 is 14.0 Å². The number of rotatable bonds is 5. The molecule has 1 saturated heterocycles. The number of benzene rings is 2. The molecule has 0 radical (unpaired) electrons. The van der Waals surface area contributed by atoms with Crippen LogP contribution in [0.1, 0.15) is 62.1 Å². The third-order valence-electron chi connectivity index (χ3n) is 6.74. The van der Waals surface area contributed by atoms with Crippen molar-refractivity contribution in [3.05, 3.63) is 71.5 Å². The van der Waals surface area contributed by atoms with Crippen LogP contribution in [0.4, 0.5) is 9.18 Å². The van der Waals surface area contributed by atoms with Crippen LogP contribution in [-0.2, 0) is 11.3 Å². The van der Waals surface area contributed by atoms with Crippen molar-refractivity contribution in [1.29, 1.82) is 0 Å². The summed E-state index contributed by atoms with van der Waals surface area (Å²) in [6.07, 6.45) is 6.97. The molecule has 2 atom stereocenters. The van der Waals surface area contributed by atoms with Gasteiger partial charge in [-0.3, -0.25) is 4.79 Å². The largest absolute Gasteiger partial charge is 0.352 e. The number of piperidine rings is 1. The molecule has 2 aromatic rings. The number of amides is 3. The van der Waals surface area contributed by atoms with Gasteiger partial charge in [-0.25, -0.2) is 9.18 Å². The van der Waals surface area contributed by atoms with E-state index >= 15 is 0 Å². The Morgan fingerprint density at radius 2 is 1.62 bits per heavy atom. The van der Waals surface area contributed by atoms with Gasteiger partial charge in [0.05, 0.1) is 12.0 Å². The normalized spacial score (nSPS) is 21.7. The maximum atomic E-state index is 13.9. The quantitative estimate of drug-likeness (QED) is 0.696. The van der Waals surface area contributed by atoms with Gasteiger partial charge in [0.1, 0.15) is 5.82 Å². The standard InChI is InChI=1S/C26H32FN3O2/c27-23-14-8-7-11-20(23)17-28-25(31)21-15-16-24(19-9-3-1-4-10-19)30(18-21)26(32)29-22-12-5-2-6-13-22/h1,3-4,7-11,14,21-22,24H,2,5-6,12-13,15-18H2,(H,28,31)(H,29,32)/t21-,24-/m0/s1. The third kappa shape index (κ3) is 5.47. The first kappa shape index (κ1) is 22.3. The molecule has 1 aliphatic carbocycles. The van der Waals surface area contributed by atoms with Crippen molar-refractivity contribution in [2.45, 2.75) is 63.6 Å². The molecule has 2 N–H and O–H groups in total. The van der Waals surface area contributed by atoms with Crippen LogP contribution in [0.5, 0.6) is 0 Å². The number of nitrogens with one attached hydrogen (secondary N) is 2. The molecule has 4 rings (SSSR count). The summed E-state index contributed by atoms with van der Waals surface area (Å²) in [5.74, 6) is -0.761. The lowest BCUT2D eigenvalue weighted by atomic mass is 9.88. The summed E-state index contributed by atoms with van der Waals surface area (Å²) < 4.78 is 13.9. The van der Waals surface area contributed by atoms with Crippen LogP contribution in [-0.4, -0.2) is 29.4 Å². The van der Waals surface area contributed by atoms with Gasteiger partial charge < -0.3 is 15.5 Å². The second-order valence-electron chi connectivity index (χ2n) is 8.95. The molecule has 170 valence electrons. The van der Waals surface area contributed by atoms with E-state index in [4.69, 9.17) is 0 Å². The molecule has 3 amide bonds. The van der Waals surface area contributed by atoms with E-state index in [0.29, 0.717) is 18.5 Å². The minimum Gasteiger partial charge on any atom is -0.352 e. The van der Waals surface area contributed by atoms with E-state index in [-0.39, 0.29) is 42.3 Å². The van der Waals surface area contributed by atoms with Gasteiger partial charge in [0.2, 0.25) is 5.91 Å².